The molecule has 6 heteroatoms. The molecule has 0 radical (unpaired) electrons. The first-order chi connectivity index (χ1) is 6.43. The summed E-state index contributed by atoms with van der Waals surface area (Å²) in [7, 11) is 1.09. The molecule has 2 unspecified atom stereocenters. The van der Waals surface area contributed by atoms with E-state index in [9.17, 15) is 13.6 Å². The summed E-state index contributed by atoms with van der Waals surface area (Å²) in [5, 5.41) is 0. The molecule has 0 aromatic carbocycles. The first-order valence-electron chi connectivity index (χ1n) is 3.80. The highest BCUT2D eigenvalue weighted by molar-refractivity contribution is 5.85. The van der Waals surface area contributed by atoms with Gasteiger partial charge in [0.15, 0.2) is 17.2 Å². The fourth-order valence-electron chi connectivity index (χ4n) is 1.12. The topological polar surface area (TPSA) is 78.3 Å². The molecule has 78 valence electrons. The van der Waals surface area contributed by atoms with Crippen LogP contribution >= 0.6 is 0 Å². The van der Waals surface area contributed by atoms with Gasteiger partial charge in [0.05, 0.1) is 13.2 Å². The van der Waals surface area contributed by atoms with Gasteiger partial charge in [-0.2, -0.15) is 0 Å². The Morgan fingerprint density at radius 3 is 2.71 bits per heavy atom. The Kier molecular flexibility index (Phi) is 2.68. The molecule has 0 aromatic rings. The number of ether oxygens (including phenoxy) is 1. The summed E-state index contributed by atoms with van der Waals surface area (Å²) in [6.07, 6.45) is 1.75. The second-order valence-corrected chi connectivity index (χ2v) is 2.93. The minimum absolute atomic E-state index is 0.760. The fourth-order valence-corrected chi connectivity index (χ4v) is 1.12. The number of hydrogen-bond acceptors (Lipinski definition) is 4. The standard InChI is InChI=1S/C8H10F2N2O2/c1-14-7(13)8(12)3-2-4(9)5(10)6(8)11/h2-3,6H,11-12H2,1H3. The van der Waals surface area contributed by atoms with Crippen LogP contribution in [0.15, 0.2) is 23.8 Å². The van der Waals surface area contributed by atoms with Crippen LogP contribution in [0.2, 0.25) is 0 Å². The minimum Gasteiger partial charge on any atom is -0.467 e. The number of allylic oxidation sites excluding steroid dienone is 2. The van der Waals surface area contributed by atoms with Crippen molar-refractivity contribution >= 4 is 5.97 Å². The molecule has 0 heterocycles. The Morgan fingerprint density at radius 2 is 2.21 bits per heavy atom. The van der Waals surface area contributed by atoms with Crippen LogP contribution in [0.4, 0.5) is 8.78 Å². The van der Waals surface area contributed by atoms with Crippen molar-refractivity contribution in [2.24, 2.45) is 11.5 Å². The summed E-state index contributed by atoms with van der Waals surface area (Å²) in [5.74, 6) is -3.29. The second-order valence-electron chi connectivity index (χ2n) is 2.93. The molecule has 4 nitrogen and oxygen atoms in total. The van der Waals surface area contributed by atoms with E-state index in [-0.39, 0.29) is 0 Å². The Morgan fingerprint density at radius 1 is 1.64 bits per heavy atom. The van der Waals surface area contributed by atoms with E-state index in [0.29, 0.717) is 0 Å². The van der Waals surface area contributed by atoms with E-state index in [4.69, 9.17) is 11.5 Å². The van der Waals surface area contributed by atoms with Gasteiger partial charge in [-0.1, -0.05) is 0 Å². The van der Waals surface area contributed by atoms with Gasteiger partial charge in [-0.3, -0.25) is 0 Å². The Bertz CT molecular complexity index is 327. The molecule has 1 aliphatic carbocycles. The summed E-state index contributed by atoms with van der Waals surface area (Å²) in [6.45, 7) is 0. The Labute approximate surface area is 79.2 Å². The highest BCUT2D eigenvalue weighted by Gasteiger charge is 2.44. The molecule has 0 spiro atoms. The van der Waals surface area contributed by atoms with E-state index in [0.717, 1.165) is 19.3 Å². The molecule has 0 saturated heterocycles. The smallest absolute Gasteiger partial charge is 0.331 e. The van der Waals surface area contributed by atoms with E-state index in [1.165, 1.54) is 0 Å². The summed E-state index contributed by atoms with van der Waals surface area (Å²) in [5.41, 5.74) is 8.92. The lowest BCUT2D eigenvalue weighted by molar-refractivity contribution is -0.145. The van der Waals surface area contributed by atoms with Crippen molar-refractivity contribution in [1.82, 2.24) is 0 Å². The van der Waals surface area contributed by atoms with Crippen LogP contribution in [0, 0.1) is 0 Å². The summed E-state index contributed by atoms with van der Waals surface area (Å²) in [4.78, 5) is 11.2. The lowest BCUT2D eigenvalue weighted by Gasteiger charge is -2.30. The number of hydrogen-bond donors (Lipinski definition) is 2. The Hall–Kier alpha value is -1.27. The second kappa shape index (κ2) is 3.47. The maximum Gasteiger partial charge on any atom is 0.331 e. The zero-order chi connectivity index (χ0) is 10.9. The van der Waals surface area contributed by atoms with Crippen molar-refractivity contribution < 1.29 is 18.3 Å². The van der Waals surface area contributed by atoms with Crippen molar-refractivity contribution in [3.05, 3.63) is 23.8 Å². The Balaban J connectivity index is 3.08. The lowest BCUT2D eigenvalue weighted by Crippen LogP contribution is -2.61. The highest BCUT2D eigenvalue weighted by Crippen LogP contribution is 2.27. The molecule has 14 heavy (non-hydrogen) atoms. The van der Waals surface area contributed by atoms with Crippen LogP contribution in [0.1, 0.15) is 0 Å². The zero-order valence-electron chi connectivity index (χ0n) is 7.46. The number of carbonyl (C=O) groups excluding carboxylic acids is 1. The van der Waals surface area contributed by atoms with Crippen LogP contribution in [0.25, 0.3) is 0 Å². The number of rotatable bonds is 1. The first kappa shape index (κ1) is 10.8. The third kappa shape index (κ3) is 1.42. The first-order valence-corrected chi connectivity index (χ1v) is 3.80. The minimum atomic E-state index is -1.84. The molecule has 1 aliphatic rings. The third-order valence-electron chi connectivity index (χ3n) is 2.06. The van der Waals surface area contributed by atoms with Crippen LogP contribution < -0.4 is 11.5 Å². The molecule has 0 aliphatic heterocycles. The summed E-state index contributed by atoms with van der Waals surface area (Å²) >= 11 is 0. The molecule has 0 saturated carbocycles. The van der Waals surface area contributed by atoms with Gasteiger partial charge in [-0.25, -0.2) is 13.6 Å². The number of halogens is 2. The normalized spacial score (nSPS) is 31.9. The van der Waals surface area contributed by atoms with Gasteiger partial charge in [-0.05, 0) is 12.2 Å². The molecule has 4 N–H and O–H groups in total. The van der Waals surface area contributed by atoms with Gasteiger partial charge in [-0.15, -0.1) is 0 Å². The van der Waals surface area contributed by atoms with Gasteiger partial charge >= 0.3 is 5.97 Å². The van der Waals surface area contributed by atoms with Crippen LogP contribution in [-0.2, 0) is 9.53 Å². The van der Waals surface area contributed by atoms with E-state index < -0.39 is 29.2 Å². The van der Waals surface area contributed by atoms with Crippen LogP contribution in [0.5, 0.6) is 0 Å². The van der Waals surface area contributed by atoms with Gasteiger partial charge in [0.2, 0.25) is 0 Å². The monoisotopic (exact) mass is 204 g/mol. The molecule has 0 fully saturated rings. The number of carbonyl (C=O) groups is 1. The van der Waals surface area contributed by atoms with Gasteiger partial charge in [0, 0.05) is 0 Å². The maximum absolute atomic E-state index is 13.0. The highest BCUT2D eigenvalue weighted by atomic mass is 19.2. The van der Waals surface area contributed by atoms with Crippen molar-refractivity contribution in [1.29, 1.82) is 0 Å². The molecular formula is C8H10F2N2O2. The van der Waals surface area contributed by atoms with Crippen LogP contribution in [-0.4, -0.2) is 24.7 Å². The molecule has 1 rings (SSSR count). The fraction of sp³-hybridized carbons (Fsp3) is 0.375. The van der Waals surface area contributed by atoms with Crippen molar-refractivity contribution in [2.75, 3.05) is 7.11 Å². The van der Waals surface area contributed by atoms with Crippen molar-refractivity contribution in [3.8, 4) is 0 Å². The van der Waals surface area contributed by atoms with Crippen LogP contribution in [0.3, 0.4) is 0 Å². The molecular weight excluding hydrogens is 194 g/mol. The molecule has 0 bridgehead atoms. The summed E-state index contributed by atoms with van der Waals surface area (Å²) < 4.78 is 30.0. The zero-order valence-corrected chi connectivity index (χ0v) is 7.46. The summed E-state index contributed by atoms with van der Waals surface area (Å²) in [6, 6.07) is -1.56. The van der Waals surface area contributed by atoms with E-state index in [1.54, 1.807) is 0 Å². The van der Waals surface area contributed by atoms with Crippen molar-refractivity contribution in [3.63, 3.8) is 0 Å². The number of esters is 1. The predicted octanol–water partition coefficient (Wildman–Crippen LogP) is -0.0954. The van der Waals surface area contributed by atoms with Gasteiger partial charge in [0.25, 0.3) is 0 Å². The molecule has 0 amide bonds. The maximum atomic E-state index is 13.0. The van der Waals surface area contributed by atoms with Gasteiger partial charge < -0.3 is 16.2 Å². The van der Waals surface area contributed by atoms with E-state index in [2.05, 4.69) is 4.74 Å². The van der Waals surface area contributed by atoms with Crippen molar-refractivity contribution in [2.45, 2.75) is 11.6 Å². The lowest BCUT2D eigenvalue weighted by atomic mass is 9.87. The van der Waals surface area contributed by atoms with E-state index >= 15 is 0 Å². The number of methoxy groups -OCH3 is 1. The van der Waals surface area contributed by atoms with E-state index in [1.807, 2.05) is 0 Å². The SMILES string of the molecule is COC(=O)C1(N)C=CC(F)=C(F)C1N. The quantitative estimate of drug-likeness (QED) is 0.585. The molecule has 0 aromatic heterocycles. The molecule has 2 atom stereocenters. The average Bonchev–Trinajstić information content (AvgIpc) is 2.19. The third-order valence-corrected chi connectivity index (χ3v) is 2.06. The largest absolute Gasteiger partial charge is 0.467 e. The number of nitrogens with two attached hydrogens (primary N) is 2. The average molecular weight is 204 g/mol. The van der Waals surface area contributed by atoms with Gasteiger partial charge in [0.1, 0.15) is 0 Å². The predicted molar refractivity (Wildman–Crippen MR) is 45.3 cm³/mol.